The summed E-state index contributed by atoms with van der Waals surface area (Å²) in [6.45, 7) is 2.64. The van der Waals surface area contributed by atoms with Gasteiger partial charge in [-0.1, -0.05) is 37.6 Å². The molecule has 1 aromatic carbocycles. The van der Waals surface area contributed by atoms with Crippen LogP contribution < -0.4 is 5.69 Å². The number of imidazole rings is 1. The first-order chi connectivity index (χ1) is 16.1. The Morgan fingerprint density at radius 3 is 2.82 bits per heavy atom. The topological polar surface area (TPSA) is 98.7 Å². The molecule has 0 spiro atoms. The number of nitrogens with one attached hydrogen (secondary N) is 1. The van der Waals surface area contributed by atoms with E-state index in [1.807, 2.05) is 65.3 Å². The van der Waals surface area contributed by atoms with Crippen molar-refractivity contribution >= 4 is 6.21 Å². The lowest BCUT2D eigenvalue weighted by atomic mass is 9.76. The number of benzene rings is 1. The molecule has 9 nitrogen and oxygen atoms in total. The van der Waals surface area contributed by atoms with Crippen molar-refractivity contribution in [3.8, 4) is 17.2 Å². The molecule has 0 bridgehead atoms. The summed E-state index contributed by atoms with van der Waals surface area (Å²) in [5.41, 5.74) is 2.55. The Balaban J connectivity index is 1.61. The largest absolute Gasteiger partial charge is 0.337 e. The second-order valence-electron chi connectivity index (χ2n) is 8.42. The van der Waals surface area contributed by atoms with E-state index in [0.717, 1.165) is 35.5 Å². The molecule has 1 unspecified atom stereocenters. The van der Waals surface area contributed by atoms with E-state index >= 15 is 0 Å². The number of aromatic amines is 1. The number of aryl methyl sites for hydroxylation is 2. The molecule has 0 radical (unpaired) electrons. The van der Waals surface area contributed by atoms with Crippen LogP contribution in [0.3, 0.4) is 0 Å². The van der Waals surface area contributed by atoms with Gasteiger partial charge in [0.05, 0.1) is 0 Å². The van der Waals surface area contributed by atoms with Gasteiger partial charge >= 0.3 is 5.69 Å². The van der Waals surface area contributed by atoms with Gasteiger partial charge in [0.1, 0.15) is 5.82 Å². The lowest BCUT2D eigenvalue weighted by Gasteiger charge is -2.32. The second-order valence-corrected chi connectivity index (χ2v) is 8.42. The summed E-state index contributed by atoms with van der Waals surface area (Å²) in [7, 11) is 1.95. The van der Waals surface area contributed by atoms with Crippen LogP contribution in [0.2, 0.25) is 0 Å². The van der Waals surface area contributed by atoms with Crippen LogP contribution in [0.1, 0.15) is 31.0 Å². The van der Waals surface area contributed by atoms with Crippen LogP contribution >= 0.6 is 0 Å². The molecule has 0 saturated carbocycles. The molecule has 0 aliphatic carbocycles. The first-order valence-electron chi connectivity index (χ1n) is 11.1. The molecule has 168 valence electrons. The summed E-state index contributed by atoms with van der Waals surface area (Å²) in [4.78, 5) is 17.9. The summed E-state index contributed by atoms with van der Waals surface area (Å²) in [6, 6.07) is 12.1. The van der Waals surface area contributed by atoms with Crippen molar-refractivity contribution in [3.63, 3.8) is 0 Å². The van der Waals surface area contributed by atoms with Gasteiger partial charge in [0.2, 0.25) is 0 Å². The van der Waals surface area contributed by atoms with Gasteiger partial charge in [-0.25, -0.2) is 9.89 Å². The Kier molecular flexibility index (Phi) is 5.37. The standard InChI is InChI=1S/C24H26N8O/c1-3-6-20-16-31(21-9-5-14-30(21)2)23(33)32(20)17-24(10-12-25-13-11-24)19-8-4-7-18(15-19)22-26-28-29-27-22/h4-5,7-10,12-16H,3,6,11,17H2,1-2H3,(H,26,27,28,29). The van der Waals surface area contributed by atoms with E-state index in [-0.39, 0.29) is 5.69 Å². The van der Waals surface area contributed by atoms with E-state index < -0.39 is 5.41 Å². The van der Waals surface area contributed by atoms with Crippen LogP contribution in [-0.4, -0.2) is 40.5 Å². The number of rotatable bonds is 7. The van der Waals surface area contributed by atoms with Crippen LogP contribution in [0, 0.1) is 0 Å². The van der Waals surface area contributed by atoms with Gasteiger partial charge in [0.15, 0.2) is 5.82 Å². The summed E-state index contributed by atoms with van der Waals surface area (Å²) < 4.78 is 5.62. The maximum Gasteiger partial charge on any atom is 0.334 e. The third-order valence-corrected chi connectivity index (χ3v) is 6.27. The van der Waals surface area contributed by atoms with Gasteiger partial charge < -0.3 is 4.57 Å². The minimum Gasteiger partial charge on any atom is -0.337 e. The Morgan fingerprint density at radius 1 is 1.21 bits per heavy atom. The lowest BCUT2D eigenvalue weighted by Crippen LogP contribution is -2.37. The first kappa shape index (κ1) is 20.9. The average Bonchev–Trinajstić information content (AvgIpc) is 3.58. The van der Waals surface area contributed by atoms with Crippen LogP contribution in [0.4, 0.5) is 0 Å². The van der Waals surface area contributed by atoms with Crippen LogP contribution in [0.15, 0.2) is 70.9 Å². The summed E-state index contributed by atoms with van der Waals surface area (Å²) in [6.07, 6.45) is 12.2. The summed E-state index contributed by atoms with van der Waals surface area (Å²) >= 11 is 0. The van der Waals surface area contributed by atoms with Crippen molar-refractivity contribution in [3.05, 3.63) is 82.8 Å². The molecule has 4 aromatic rings. The predicted molar refractivity (Wildman–Crippen MR) is 127 cm³/mol. The third kappa shape index (κ3) is 3.75. The third-order valence-electron chi connectivity index (χ3n) is 6.27. The van der Waals surface area contributed by atoms with E-state index in [0.29, 0.717) is 18.8 Å². The van der Waals surface area contributed by atoms with Crippen LogP contribution in [0.5, 0.6) is 0 Å². The molecular weight excluding hydrogens is 416 g/mol. The molecule has 5 rings (SSSR count). The number of tetrazole rings is 1. The number of hydrogen-bond donors (Lipinski definition) is 1. The molecule has 1 aliphatic heterocycles. The number of H-pyrrole nitrogens is 1. The molecule has 1 N–H and O–H groups in total. The number of hydrogen-bond acceptors (Lipinski definition) is 5. The maximum absolute atomic E-state index is 13.6. The quantitative estimate of drug-likeness (QED) is 0.476. The van der Waals surface area contributed by atoms with Crippen molar-refractivity contribution in [1.82, 2.24) is 34.3 Å². The molecule has 1 atom stereocenters. The van der Waals surface area contributed by atoms with Crippen LogP contribution in [0.25, 0.3) is 17.2 Å². The molecule has 4 heterocycles. The van der Waals surface area contributed by atoms with Gasteiger partial charge in [0.25, 0.3) is 0 Å². The fourth-order valence-corrected chi connectivity index (χ4v) is 4.51. The Morgan fingerprint density at radius 2 is 2.12 bits per heavy atom. The zero-order valence-electron chi connectivity index (χ0n) is 18.7. The molecule has 3 aromatic heterocycles. The Bertz CT molecular complexity index is 1370. The molecule has 0 saturated heterocycles. The van der Waals surface area contributed by atoms with E-state index in [1.54, 1.807) is 4.57 Å². The minimum absolute atomic E-state index is 0.0360. The monoisotopic (exact) mass is 442 g/mol. The maximum atomic E-state index is 13.6. The predicted octanol–water partition coefficient (Wildman–Crippen LogP) is 3.04. The van der Waals surface area contributed by atoms with E-state index in [1.165, 1.54) is 0 Å². The zero-order valence-corrected chi connectivity index (χ0v) is 18.7. The van der Waals surface area contributed by atoms with Gasteiger partial charge in [0, 0.05) is 55.1 Å². The van der Waals surface area contributed by atoms with Gasteiger partial charge in [-0.05, 0) is 47.0 Å². The van der Waals surface area contributed by atoms with Crippen molar-refractivity contribution in [2.75, 3.05) is 0 Å². The van der Waals surface area contributed by atoms with E-state index in [2.05, 4.69) is 50.7 Å². The minimum atomic E-state index is -0.419. The van der Waals surface area contributed by atoms with Gasteiger partial charge in [-0.3, -0.25) is 14.1 Å². The zero-order chi connectivity index (χ0) is 22.8. The molecule has 0 fully saturated rings. The SMILES string of the molecule is CCCc1cn(-c2cccn2C)c(=O)n1CC1(c2cccc(-c3nnn[nH]3)c2)C=CN=CC1. The average molecular weight is 443 g/mol. The number of aliphatic imine (C=N–C) groups is 1. The first-order valence-corrected chi connectivity index (χ1v) is 11.1. The fraction of sp³-hybridized carbons (Fsp3) is 0.292. The van der Waals surface area contributed by atoms with Gasteiger partial charge in [-0.15, -0.1) is 5.10 Å². The summed E-state index contributed by atoms with van der Waals surface area (Å²) in [5.74, 6) is 1.46. The van der Waals surface area contributed by atoms with Crippen molar-refractivity contribution in [2.45, 2.75) is 38.1 Å². The van der Waals surface area contributed by atoms with Crippen molar-refractivity contribution in [1.29, 1.82) is 0 Å². The summed E-state index contributed by atoms with van der Waals surface area (Å²) in [5, 5.41) is 14.3. The number of nitrogens with zero attached hydrogens (tertiary/aromatic N) is 7. The normalized spacial score (nSPS) is 17.6. The van der Waals surface area contributed by atoms with Crippen LogP contribution in [-0.2, 0) is 25.4 Å². The molecular formula is C24H26N8O. The second kappa shape index (κ2) is 8.50. The van der Waals surface area contributed by atoms with Crippen molar-refractivity contribution < 1.29 is 0 Å². The lowest BCUT2D eigenvalue weighted by molar-refractivity contribution is 0.439. The highest BCUT2D eigenvalue weighted by Crippen LogP contribution is 2.35. The van der Waals surface area contributed by atoms with Gasteiger partial charge in [-0.2, -0.15) is 0 Å². The highest BCUT2D eigenvalue weighted by Gasteiger charge is 2.33. The smallest absolute Gasteiger partial charge is 0.334 e. The number of allylic oxidation sites excluding steroid dienone is 1. The Labute approximate surface area is 191 Å². The van der Waals surface area contributed by atoms with E-state index in [4.69, 9.17) is 0 Å². The fourth-order valence-electron chi connectivity index (χ4n) is 4.51. The molecule has 33 heavy (non-hydrogen) atoms. The molecule has 1 aliphatic rings. The number of aromatic nitrogens is 7. The highest BCUT2D eigenvalue weighted by atomic mass is 16.1. The molecule has 0 amide bonds. The highest BCUT2D eigenvalue weighted by molar-refractivity contribution is 5.65. The molecule has 9 heteroatoms. The van der Waals surface area contributed by atoms with E-state index in [9.17, 15) is 4.79 Å². The Hall–Kier alpha value is -4.01. The van der Waals surface area contributed by atoms with Crippen molar-refractivity contribution in [2.24, 2.45) is 12.0 Å².